The lowest BCUT2D eigenvalue weighted by Gasteiger charge is -2.72. The molecule has 1 aliphatic heterocycles. The molecule has 15 atom stereocenters. The van der Waals surface area contributed by atoms with Crippen LogP contribution in [0.4, 0.5) is 0 Å². The van der Waals surface area contributed by atoms with Crippen LogP contribution in [0.15, 0.2) is 41.0 Å². The zero-order valence-corrected chi connectivity index (χ0v) is 44.4. The van der Waals surface area contributed by atoms with Crippen LogP contribution in [-0.4, -0.2) is 54.2 Å². The normalized spacial score (nSPS) is 50.0. The highest BCUT2D eigenvalue weighted by atomic mass is 16.7. The minimum absolute atomic E-state index is 0.0418. The highest BCUT2D eigenvalue weighted by Gasteiger charge is 2.73. The van der Waals surface area contributed by atoms with Crippen LogP contribution in [-0.2, 0) is 29.3 Å². The zero-order chi connectivity index (χ0) is 49.9. The largest absolute Gasteiger partial charge is 0.471 e. The molecule has 0 saturated heterocycles. The molecule has 1 heterocycles. The van der Waals surface area contributed by atoms with Gasteiger partial charge in [-0.25, -0.2) is 0 Å². The fourth-order valence-corrected chi connectivity index (χ4v) is 19.5. The van der Waals surface area contributed by atoms with Crippen LogP contribution in [0.25, 0.3) is 0 Å². The van der Waals surface area contributed by atoms with Gasteiger partial charge in [0.25, 0.3) is 0 Å². The van der Waals surface area contributed by atoms with Crippen LogP contribution in [0.5, 0.6) is 11.5 Å². The molecule has 0 radical (unpaired) electrons. The summed E-state index contributed by atoms with van der Waals surface area (Å²) in [6, 6.07) is 1.92. The smallest absolute Gasteiger partial charge is 0.317 e. The molecule has 0 amide bonds. The lowest BCUT2D eigenvalue weighted by atomic mass is 9.32. The van der Waals surface area contributed by atoms with Crippen molar-refractivity contribution in [1.29, 1.82) is 0 Å². The number of fused-ring (bicyclic) bond motifs is 17. The molecular weight excluding hydrogens is 865 g/mol. The van der Waals surface area contributed by atoms with E-state index < -0.39 is 33.4 Å². The maximum atomic E-state index is 15.0. The monoisotopic (exact) mass is 945 g/mol. The van der Waals surface area contributed by atoms with Gasteiger partial charge in [-0.05, 0) is 215 Å². The Labute approximate surface area is 411 Å². The maximum Gasteiger partial charge on any atom is 0.317 e. The van der Waals surface area contributed by atoms with Crippen molar-refractivity contribution < 1.29 is 43.2 Å². The van der Waals surface area contributed by atoms with Crippen LogP contribution in [0, 0.1) is 73.4 Å². The van der Waals surface area contributed by atoms with E-state index >= 15 is 0 Å². The average molecular weight is 945 g/mol. The number of esters is 2. The summed E-state index contributed by atoms with van der Waals surface area (Å²) >= 11 is 0. The third-order valence-corrected chi connectivity index (χ3v) is 24.8. The van der Waals surface area contributed by atoms with Crippen molar-refractivity contribution in [3.8, 4) is 11.5 Å². The van der Waals surface area contributed by atoms with E-state index in [4.69, 9.17) is 18.9 Å². The molecule has 15 unspecified atom stereocenters. The number of benzene rings is 1. The molecule has 10 aliphatic rings. The number of ketones is 2. The average Bonchev–Trinajstić information content (AvgIpc) is 3.30. The number of carbonyl (C=O) groups is 4. The molecule has 0 bridgehead atoms. The van der Waals surface area contributed by atoms with Gasteiger partial charge in [0.05, 0.1) is 25.0 Å². The van der Waals surface area contributed by atoms with Gasteiger partial charge in [0, 0.05) is 22.1 Å². The molecule has 9 nitrogen and oxygen atoms in total. The van der Waals surface area contributed by atoms with Crippen molar-refractivity contribution in [2.45, 2.75) is 196 Å². The first kappa shape index (κ1) is 47.6. The van der Waals surface area contributed by atoms with Crippen LogP contribution in [0.3, 0.4) is 0 Å². The second-order valence-electron chi connectivity index (χ2n) is 27.6. The number of aliphatic hydroxyl groups is 1. The summed E-state index contributed by atoms with van der Waals surface area (Å²) in [6.45, 7) is 27.3. The van der Waals surface area contributed by atoms with Crippen LogP contribution < -0.4 is 9.47 Å². The van der Waals surface area contributed by atoms with E-state index in [1.807, 2.05) is 26.0 Å². The van der Waals surface area contributed by atoms with Crippen molar-refractivity contribution in [1.82, 2.24) is 0 Å². The molecule has 0 aromatic heterocycles. The first-order chi connectivity index (χ1) is 32.0. The van der Waals surface area contributed by atoms with E-state index in [2.05, 4.69) is 75.3 Å². The Morgan fingerprint density at radius 3 is 1.78 bits per heavy atom. The van der Waals surface area contributed by atoms with E-state index in [1.165, 1.54) is 14.2 Å². The molecule has 374 valence electrons. The fourth-order valence-electron chi connectivity index (χ4n) is 19.5. The van der Waals surface area contributed by atoms with Crippen molar-refractivity contribution >= 4 is 23.5 Å². The summed E-state index contributed by atoms with van der Waals surface area (Å²) in [4.78, 5) is 56.6. The molecule has 9 heteroatoms. The minimum atomic E-state index is -2.34. The van der Waals surface area contributed by atoms with Crippen molar-refractivity contribution in [2.24, 2.45) is 66.5 Å². The Kier molecular flexibility index (Phi) is 9.56. The molecule has 9 aliphatic carbocycles. The molecule has 6 saturated carbocycles. The van der Waals surface area contributed by atoms with Crippen LogP contribution in [0.2, 0.25) is 0 Å². The summed E-state index contributed by atoms with van der Waals surface area (Å²) in [5.41, 5.74) is 1.10. The summed E-state index contributed by atoms with van der Waals surface area (Å²) in [5.74, 6) is -1.60. The first-order valence-electron chi connectivity index (χ1n) is 26.7. The third-order valence-electron chi connectivity index (χ3n) is 24.8. The Morgan fingerprint density at radius 2 is 1.17 bits per heavy atom. The Hall–Kier alpha value is -3.72. The molecule has 69 heavy (non-hydrogen) atoms. The van der Waals surface area contributed by atoms with Gasteiger partial charge in [-0.1, -0.05) is 61.5 Å². The van der Waals surface area contributed by atoms with Gasteiger partial charge >= 0.3 is 17.7 Å². The maximum absolute atomic E-state index is 15.0. The van der Waals surface area contributed by atoms with Crippen LogP contribution in [0.1, 0.15) is 194 Å². The standard InChI is InChI=1S/C60H80O9/c1-34-45-37(54(7)24-28-58(11)43-33-52(5,48(64)67-14)20-18-50(43,3)22-26-56(58,9)41(54)31-38(45)61)29-39-46(34)69-59(12)35-15-16-40-53(6,36(35)30-44(62)60(59,65)68-39)23-27-57(10)42-32-51(4,47(63)66-13)19-17-49(42,2)21-25-55(40,57)8/h15,29-31,40,42-43,65H,16-28,32-33H2,1-14H3. The SMILES string of the molecule is COC(=O)C1(C)CCC2(C)CCC3(C)C4=CC(=O)c5c(cc6c(c5C)OC5(C)C7=CCC8C(C)(CCC9(C)C%10CC(C)(C(=O)OC)CCC%10(C)CCC89C)C7=CC(=O)C5(O)O6)C4(C)CCC3(C)C2C1. The Balaban J connectivity index is 0.949. The van der Waals surface area contributed by atoms with Gasteiger partial charge in [-0.2, -0.15) is 0 Å². The summed E-state index contributed by atoms with van der Waals surface area (Å²) < 4.78 is 24.8. The third kappa shape index (κ3) is 5.43. The number of allylic oxidation sites excluding steroid dienone is 3. The van der Waals surface area contributed by atoms with E-state index in [0.29, 0.717) is 28.5 Å². The summed E-state index contributed by atoms with van der Waals surface area (Å²) in [7, 11) is 3.02. The van der Waals surface area contributed by atoms with Gasteiger partial charge < -0.3 is 24.1 Å². The second-order valence-corrected chi connectivity index (χ2v) is 27.6. The summed E-state index contributed by atoms with van der Waals surface area (Å²) in [6.07, 6.45) is 19.6. The Morgan fingerprint density at radius 1 is 0.638 bits per heavy atom. The van der Waals surface area contributed by atoms with E-state index in [1.54, 1.807) is 6.08 Å². The fraction of sp³-hybridized carbons (Fsp3) is 0.733. The number of methoxy groups -OCH3 is 2. The molecule has 1 aromatic carbocycles. The predicted octanol–water partition coefficient (Wildman–Crippen LogP) is 12.2. The number of hydrogen-bond donors (Lipinski definition) is 1. The van der Waals surface area contributed by atoms with E-state index in [9.17, 15) is 24.3 Å². The zero-order valence-electron chi connectivity index (χ0n) is 44.4. The second kappa shape index (κ2) is 13.9. The molecule has 6 fully saturated rings. The van der Waals surface area contributed by atoms with Gasteiger partial charge in [0.2, 0.25) is 11.4 Å². The number of rotatable bonds is 2. The molecule has 1 aromatic rings. The minimum Gasteiger partial charge on any atom is -0.471 e. The van der Waals surface area contributed by atoms with Gasteiger partial charge in [-0.3, -0.25) is 19.2 Å². The lowest BCUT2D eigenvalue weighted by Crippen LogP contribution is -2.71. The summed E-state index contributed by atoms with van der Waals surface area (Å²) in [5, 5.41) is 12.9. The highest BCUT2D eigenvalue weighted by molar-refractivity contribution is 6.10. The molecule has 11 rings (SSSR count). The van der Waals surface area contributed by atoms with Crippen molar-refractivity contribution in [3.05, 3.63) is 57.7 Å². The van der Waals surface area contributed by atoms with Crippen LogP contribution >= 0.6 is 0 Å². The number of hydrogen-bond acceptors (Lipinski definition) is 9. The predicted molar refractivity (Wildman–Crippen MR) is 263 cm³/mol. The van der Waals surface area contributed by atoms with Gasteiger partial charge in [-0.15, -0.1) is 0 Å². The van der Waals surface area contributed by atoms with E-state index in [0.717, 1.165) is 119 Å². The molecular formula is C60H80O9. The van der Waals surface area contributed by atoms with E-state index in [-0.39, 0.29) is 67.5 Å². The molecule has 1 N–H and O–H groups in total. The number of ether oxygens (including phenoxy) is 4. The van der Waals surface area contributed by atoms with Gasteiger partial charge in [0.1, 0.15) is 0 Å². The lowest BCUT2D eigenvalue weighted by molar-refractivity contribution is -0.236. The first-order valence-corrected chi connectivity index (χ1v) is 26.7. The topological polar surface area (TPSA) is 125 Å². The highest BCUT2D eigenvalue weighted by Crippen LogP contribution is 2.78. The van der Waals surface area contributed by atoms with Crippen molar-refractivity contribution in [3.63, 3.8) is 0 Å². The van der Waals surface area contributed by atoms with Gasteiger partial charge in [0.15, 0.2) is 17.3 Å². The van der Waals surface area contributed by atoms with Crippen molar-refractivity contribution in [2.75, 3.05) is 14.2 Å². The quantitative estimate of drug-likeness (QED) is 0.288. The molecule has 0 spiro atoms. The number of carbonyl (C=O) groups excluding carboxylic acids is 4. The Bertz CT molecular complexity index is 2660.